The van der Waals surface area contributed by atoms with Crippen molar-refractivity contribution in [1.82, 2.24) is 0 Å². The summed E-state index contributed by atoms with van der Waals surface area (Å²) in [5.74, 6) is -1.48. The highest BCUT2D eigenvalue weighted by atomic mass is 16.5. The first kappa shape index (κ1) is 15.2. The van der Waals surface area contributed by atoms with Gasteiger partial charge in [-0.1, -0.05) is 39.3 Å². The summed E-state index contributed by atoms with van der Waals surface area (Å²) < 4.78 is 5.43. The van der Waals surface area contributed by atoms with Crippen LogP contribution in [0.5, 0.6) is 0 Å². The summed E-state index contributed by atoms with van der Waals surface area (Å²) in [5.41, 5.74) is 0.0863. The number of carboxylic acids is 1. The topological polar surface area (TPSA) is 63.6 Å². The van der Waals surface area contributed by atoms with Gasteiger partial charge in [-0.3, -0.25) is 0 Å². The van der Waals surface area contributed by atoms with E-state index in [0.717, 1.165) is 12.8 Å². The molecule has 1 aromatic rings. The van der Waals surface area contributed by atoms with Gasteiger partial charge in [0.1, 0.15) is 6.10 Å². The predicted octanol–water partition coefficient (Wildman–Crippen LogP) is 3.37. The van der Waals surface area contributed by atoms with Crippen molar-refractivity contribution >= 4 is 11.9 Å². The van der Waals surface area contributed by atoms with Crippen LogP contribution in [-0.4, -0.2) is 23.1 Å². The molecule has 0 aliphatic rings. The highest BCUT2D eigenvalue weighted by Crippen LogP contribution is 2.17. The van der Waals surface area contributed by atoms with Crippen LogP contribution >= 0.6 is 0 Å². The van der Waals surface area contributed by atoms with E-state index in [0.29, 0.717) is 0 Å². The van der Waals surface area contributed by atoms with Crippen LogP contribution in [0, 0.1) is 5.92 Å². The zero-order valence-corrected chi connectivity index (χ0v) is 11.6. The highest BCUT2D eigenvalue weighted by Gasteiger charge is 2.22. The van der Waals surface area contributed by atoms with Crippen molar-refractivity contribution in [2.75, 3.05) is 0 Å². The number of rotatable bonds is 6. The van der Waals surface area contributed by atoms with Crippen molar-refractivity contribution < 1.29 is 19.4 Å². The molecule has 0 aliphatic heterocycles. The van der Waals surface area contributed by atoms with Crippen LogP contribution in [0.25, 0.3) is 0 Å². The Morgan fingerprint density at radius 1 is 1.21 bits per heavy atom. The molecule has 0 saturated heterocycles. The Labute approximate surface area is 113 Å². The minimum Gasteiger partial charge on any atom is -0.478 e. The van der Waals surface area contributed by atoms with Gasteiger partial charge in [0.2, 0.25) is 0 Å². The maximum Gasteiger partial charge on any atom is 0.339 e. The van der Waals surface area contributed by atoms with Crippen molar-refractivity contribution in [3.8, 4) is 0 Å². The molecule has 0 bridgehead atoms. The molecular formula is C15H20O4. The molecule has 0 aromatic heterocycles. The van der Waals surface area contributed by atoms with Crippen LogP contribution < -0.4 is 0 Å². The Bertz CT molecular complexity index is 451. The van der Waals surface area contributed by atoms with Gasteiger partial charge in [-0.2, -0.15) is 0 Å². The Balaban J connectivity index is 2.91. The average Bonchev–Trinajstić information content (AvgIpc) is 2.37. The highest BCUT2D eigenvalue weighted by molar-refractivity contribution is 6.02. The predicted molar refractivity (Wildman–Crippen MR) is 72.4 cm³/mol. The van der Waals surface area contributed by atoms with E-state index in [-0.39, 0.29) is 23.1 Å². The maximum atomic E-state index is 12.1. The van der Waals surface area contributed by atoms with Crippen molar-refractivity contribution in [2.45, 2.75) is 39.7 Å². The van der Waals surface area contributed by atoms with Gasteiger partial charge in [-0.25, -0.2) is 9.59 Å². The van der Waals surface area contributed by atoms with E-state index >= 15 is 0 Å². The summed E-state index contributed by atoms with van der Waals surface area (Å²) in [7, 11) is 0. The molecule has 104 valence electrons. The largest absolute Gasteiger partial charge is 0.478 e. The van der Waals surface area contributed by atoms with Crippen molar-refractivity contribution in [3.63, 3.8) is 0 Å². The second-order valence-corrected chi connectivity index (χ2v) is 4.83. The van der Waals surface area contributed by atoms with E-state index in [2.05, 4.69) is 0 Å². The van der Waals surface area contributed by atoms with Crippen LogP contribution in [0.15, 0.2) is 24.3 Å². The molecule has 1 rings (SSSR count). The monoisotopic (exact) mass is 264 g/mol. The minimum absolute atomic E-state index is 0.0218. The lowest BCUT2D eigenvalue weighted by Gasteiger charge is -2.21. The fourth-order valence-electron chi connectivity index (χ4n) is 1.86. The minimum atomic E-state index is -1.12. The molecule has 0 heterocycles. The van der Waals surface area contributed by atoms with Gasteiger partial charge in [0.05, 0.1) is 11.1 Å². The van der Waals surface area contributed by atoms with Crippen LogP contribution in [0.3, 0.4) is 0 Å². The summed E-state index contributed by atoms with van der Waals surface area (Å²) in [6.45, 7) is 5.99. The number of ether oxygens (including phenoxy) is 1. The smallest absolute Gasteiger partial charge is 0.339 e. The molecule has 1 atom stereocenters. The second kappa shape index (κ2) is 6.92. The third-order valence-corrected chi connectivity index (χ3v) is 2.95. The first-order valence-corrected chi connectivity index (χ1v) is 6.50. The second-order valence-electron chi connectivity index (χ2n) is 4.83. The fraction of sp³-hybridized carbons (Fsp3) is 0.467. The summed E-state index contributed by atoms with van der Waals surface area (Å²) in [4.78, 5) is 23.1. The van der Waals surface area contributed by atoms with Gasteiger partial charge in [0.25, 0.3) is 0 Å². The molecule has 4 nitrogen and oxygen atoms in total. The zero-order chi connectivity index (χ0) is 14.4. The van der Waals surface area contributed by atoms with Crippen LogP contribution in [0.1, 0.15) is 54.3 Å². The Morgan fingerprint density at radius 2 is 1.79 bits per heavy atom. The van der Waals surface area contributed by atoms with Crippen LogP contribution in [0.2, 0.25) is 0 Å². The zero-order valence-electron chi connectivity index (χ0n) is 11.6. The number of hydrogen-bond acceptors (Lipinski definition) is 3. The average molecular weight is 264 g/mol. The number of aromatic carboxylic acids is 1. The quantitative estimate of drug-likeness (QED) is 0.800. The summed E-state index contributed by atoms with van der Waals surface area (Å²) in [5, 5.41) is 9.05. The summed E-state index contributed by atoms with van der Waals surface area (Å²) in [6.07, 6.45) is 1.51. The van der Waals surface area contributed by atoms with Gasteiger partial charge in [-0.15, -0.1) is 0 Å². The van der Waals surface area contributed by atoms with Crippen molar-refractivity contribution in [1.29, 1.82) is 0 Å². The molecule has 0 unspecified atom stereocenters. The lowest BCUT2D eigenvalue weighted by atomic mass is 10.0. The normalized spacial score (nSPS) is 12.2. The maximum absolute atomic E-state index is 12.1. The molecule has 0 aliphatic carbocycles. The third kappa shape index (κ3) is 4.09. The van der Waals surface area contributed by atoms with E-state index < -0.39 is 11.9 Å². The molecular weight excluding hydrogens is 244 g/mol. The molecule has 0 radical (unpaired) electrons. The lowest BCUT2D eigenvalue weighted by molar-refractivity contribution is 0.0153. The first-order chi connectivity index (χ1) is 8.97. The van der Waals surface area contributed by atoms with Gasteiger partial charge < -0.3 is 9.84 Å². The number of benzene rings is 1. The molecule has 0 saturated carbocycles. The van der Waals surface area contributed by atoms with Gasteiger partial charge in [0, 0.05) is 0 Å². The standard InChI is InChI=1S/C15H20O4/c1-4-7-13(10(2)3)19-15(18)12-9-6-5-8-11(12)14(16)17/h5-6,8-10,13H,4,7H2,1-3H3,(H,16,17)/t13-/m0/s1. The number of carboxylic acid groups (broad SMARTS) is 1. The molecule has 1 N–H and O–H groups in total. The molecule has 0 spiro atoms. The Hall–Kier alpha value is -1.84. The van der Waals surface area contributed by atoms with E-state index in [9.17, 15) is 9.59 Å². The summed E-state index contributed by atoms with van der Waals surface area (Å²) >= 11 is 0. The fourth-order valence-corrected chi connectivity index (χ4v) is 1.86. The van der Waals surface area contributed by atoms with E-state index in [4.69, 9.17) is 9.84 Å². The molecule has 4 heteroatoms. The van der Waals surface area contributed by atoms with Gasteiger partial charge in [-0.05, 0) is 24.5 Å². The van der Waals surface area contributed by atoms with Crippen molar-refractivity contribution in [3.05, 3.63) is 35.4 Å². The van der Waals surface area contributed by atoms with E-state index in [1.54, 1.807) is 12.1 Å². The van der Waals surface area contributed by atoms with Crippen LogP contribution in [0.4, 0.5) is 0 Å². The van der Waals surface area contributed by atoms with Gasteiger partial charge in [0.15, 0.2) is 0 Å². The Morgan fingerprint density at radius 3 is 2.26 bits per heavy atom. The third-order valence-electron chi connectivity index (χ3n) is 2.95. The number of carbonyl (C=O) groups is 2. The molecule has 0 fully saturated rings. The van der Waals surface area contributed by atoms with Crippen molar-refractivity contribution in [2.24, 2.45) is 5.92 Å². The molecule has 19 heavy (non-hydrogen) atoms. The molecule has 1 aromatic carbocycles. The van der Waals surface area contributed by atoms with Gasteiger partial charge >= 0.3 is 11.9 Å². The van der Waals surface area contributed by atoms with E-state index in [1.807, 2.05) is 20.8 Å². The Kier molecular flexibility index (Phi) is 5.55. The first-order valence-electron chi connectivity index (χ1n) is 6.50. The lowest BCUT2D eigenvalue weighted by Crippen LogP contribution is -2.24. The number of esters is 1. The summed E-state index contributed by atoms with van der Waals surface area (Å²) in [6, 6.07) is 6.11. The number of hydrogen-bond donors (Lipinski definition) is 1. The number of carbonyl (C=O) groups excluding carboxylic acids is 1. The molecule has 0 amide bonds. The van der Waals surface area contributed by atoms with Crippen LogP contribution in [-0.2, 0) is 4.74 Å². The van der Waals surface area contributed by atoms with E-state index in [1.165, 1.54) is 12.1 Å². The SMILES string of the molecule is CCC[C@H](OC(=O)c1ccccc1C(=O)O)C(C)C.